The van der Waals surface area contributed by atoms with Crippen LogP contribution in [0.5, 0.6) is 5.75 Å². The zero-order valence-electron chi connectivity index (χ0n) is 18.6. The molecule has 3 N–H and O–H groups in total. The number of nitrogens with one attached hydrogen (secondary N) is 2. The third-order valence-corrected chi connectivity index (χ3v) is 5.69. The van der Waals surface area contributed by atoms with Crippen LogP contribution in [0.2, 0.25) is 0 Å². The molecule has 0 atom stereocenters. The second-order valence-corrected chi connectivity index (χ2v) is 8.05. The topological polar surface area (TPSA) is 134 Å². The molecule has 4 aromatic rings. The molecular weight excluding hydrogens is 434 g/mol. The van der Waals surface area contributed by atoms with Gasteiger partial charge in [-0.1, -0.05) is 12.1 Å². The summed E-state index contributed by atoms with van der Waals surface area (Å²) in [6.45, 7) is 2.63. The molecule has 174 valence electrons. The SMILES string of the molecule is O=C1CCCN1CCn1cnc2c(NCCc3ccc(O)cc3)nc(Nc3cnccn3)nc21. The van der Waals surface area contributed by atoms with Crippen LogP contribution in [0.3, 0.4) is 0 Å². The van der Waals surface area contributed by atoms with Crippen LogP contribution in [-0.2, 0) is 17.8 Å². The number of carbonyl (C=O) groups excluding carboxylic acids is 1. The molecule has 3 aromatic heterocycles. The molecule has 1 fully saturated rings. The maximum Gasteiger partial charge on any atom is 0.232 e. The minimum absolute atomic E-state index is 0.195. The number of hydrogen-bond acceptors (Lipinski definition) is 9. The predicted molar refractivity (Wildman–Crippen MR) is 127 cm³/mol. The van der Waals surface area contributed by atoms with Crippen LogP contribution in [0.4, 0.5) is 17.6 Å². The van der Waals surface area contributed by atoms with Gasteiger partial charge in [0.2, 0.25) is 11.9 Å². The average Bonchev–Trinajstić information content (AvgIpc) is 3.45. The highest BCUT2D eigenvalue weighted by atomic mass is 16.3. The number of anilines is 3. The van der Waals surface area contributed by atoms with Crippen molar-refractivity contribution in [2.75, 3.05) is 30.3 Å². The Kier molecular flexibility index (Phi) is 6.15. The van der Waals surface area contributed by atoms with Gasteiger partial charge in [0, 0.05) is 45.0 Å². The number of amides is 1. The van der Waals surface area contributed by atoms with E-state index in [1.165, 1.54) is 0 Å². The quantitative estimate of drug-likeness (QED) is 0.345. The number of aromatic nitrogens is 6. The van der Waals surface area contributed by atoms with E-state index in [4.69, 9.17) is 0 Å². The summed E-state index contributed by atoms with van der Waals surface area (Å²) in [7, 11) is 0. The van der Waals surface area contributed by atoms with Crippen molar-refractivity contribution in [1.82, 2.24) is 34.4 Å². The number of imidazole rings is 1. The monoisotopic (exact) mass is 459 g/mol. The number of aromatic hydroxyl groups is 1. The number of fused-ring (bicyclic) bond motifs is 1. The molecule has 1 aliphatic heterocycles. The van der Waals surface area contributed by atoms with Crippen LogP contribution in [-0.4, -0.2) is 65.0 Å². The van der Waals surface area contributed by atoms with Crippen LogP contribution in [0.25, 0.3) is 11.2 Å². The van der Waals surface area contributed by atoms with Crippen LogP contribution < -0.4 is 10.6 Å². The highest BCUT2D eigenvalue weighted by Gasteiger charge is 2.20. The summed E-state index contributed by atoms with van der Waals surface area (Å²) in [6, 6.07) is 7.13. The number of nitrogens with zero attached hydrogens (tertiary/aromatic N) is 7. The van der Waals surface area contributed by atoms with Crippen molar-refractivity contribution in [3.05, 3.63) is 54.7 Å². The minimum atomic E-state index is 0.195. The summed E-state index contributed by atoms with van der Waals surface area (Å²) in [5.41, 5.74) is 2.41. The Hall–Kier alpha value is -4.28. The average molecular weight is 460 g/mol. The van der Waals surface area contributed by atoms with E-state index in [-0.39, 0.29) is 11.7 Å². The van der Waals surface area contributed by atoms with E-state index in [1.807, 2.05) is 21.6 Å². The number of phenolic OH excluding ortho intramolecular Hbond substituents is 1. The molecule has 1 aromatic carbocycles. The summed E-state index contributed by atoms with van der Waals surface area (Å²) in [6.07, 6.45) is 8.80. The van der Waals surface area contributed by atoms with Gasteiger partial charge in [0.15, 0.2) is 22.8 Å². The molecule has 5 rings (SSSR count). The molecule has 34 heavy (non-hydrogen) atoms. The van der Waals surface area contributed by atoms with Crippen molar-refractivity contribution >= 4 is 34.7 Å². The fourth-order valence-electron chi connectivity index (χ4n) is 3.92. The number of benzene rings is 1. The van der Waals surface area contributed by atoms with E-state index in [1.54, 1.807) is 37.1 Å². The van der Waals surface area contributed by atoms with Crippen LogP contribution >= 0.6 is 0 Å². The molecule has 1 aliphatic rings. The van der Waals surface area contributed by atoms with E-state index in [0.29, 0.717) is 54.8 Å². The Balaban J connectivity index is 1.38. The van der Waals surface area contributed by atoms with Gasteiger partial charge in [-0.15, -0.1) is 0 Å². The van der Waals surface area contributed by atoms with Crippen molar-refractivity contribution in [3.8, 4) is 5.75 Å². The first-order chi connectivity index (χ1) is 16.7. The maximum atomic E-state index is 12.0. The molecule has 0 spiro atoms. The Morgan fingerprint density at radius 3 is 2.71 bits per heavy atom. The molecule has 0 saturated carbocycles. The molecule has 11 heteroatoms. The Labute approximate surface area is 195 Å². The molecule has 0 aliphatic carbocycles. The van der Waals surface area contributed by atoms with Gasteiger partial charge in [-0.25, -0.2) is 9.97 Å². The van der Waals surface area contributed by atoms with Crippen LogP contribution in [0.15, 0.2) is 49.2 Å². The van der Waals surface area contributed by atoms with Gasteiger partial charge in [0.05, 0.1) is 12.5 Å². The lowest BCUT2D eigenvalue weighted by Gasteiger charge is -2.16. The highest BCUT2D eigenvalue weighted by Crippen LogP contribution is 2.23. The lowest BCUT2D eigenvalue weighted by atomic mass is 10.1. The van der Waals surface area contributed by atoms with Crippen molar-refractivity contribution in [2.45, 2.75) is 25.8 Å². The standard InChI is InChI=1S/C23H25N9O2/c33-17-5-3-16(4-6-17)7-8-26-21-20-22(30-23(29-21)28-18-14-24-9-10-25-18)32(15-27-20)13-12-31-11-1-2-19(31)34/h3-6,9-10,14-15,33H,1-2,7-8,11-13H2,(H2,25,26,28,29,30). The Bertz CT molecular complexity index is 1280. The zero-order chi connectivity index (χ0) is 23.3. The smallest absolute Gasteiger partial charge is 0.232 e. The molecule has 0 radical (unpaired) electrons. The fourth-order valence-corrected chi connectivity index (χ4v) is 3.92. The van der Waals surface area contributed by atoms with E-state index in [2.05, 4.69) is 35.6 Å². The van der Waals surface area contributed by atoms with Crippen molar-refractivity contribution < 1.29 is 9.90 Å². The highest BCUT2D eigenvalue weighted by molar-refractivity contribution is 5.84. The fraction of sp³-hybridized carbons (Fsp3) is 0.304. The molecular formula is C23H25N9O2. The Morgan fingerprint density at radius 2 is 1.94 bits per heavy atom. The third kappa shape index (κ3) is 4.87. The maximum absolute atomic E-state index is 12.0. The number of rotatable bonds is 9. The molecule has 1 amide bonds. The van der Waals surface area contributed by atoms with Crippen molar-refractivity contribution in [2.24, 2.45) is 0 Å². The molecule has 1 saturated heterocycles. The largest absolute Gasteiger partial charge is 0.508 e. The van der Waals surface area contributed by atoms with Gasteiger partial charge in [-0.3, -0.25) is 9.78 Å². The van der Waals surface area contributed by atoms with Gasteiger partial charge < -0.3 is 25.2 Å². The molecule has 11 nitrogen and oxygen atoms in total. The number of likely N-dealkylation sites (tertiary alicyclic amines) is 1. The Morgan fingerprint density at radius 1 is 1.06 bits per heavy atom. The van der Waals surface area contributed by atoms with E-state index in [9.17, 15) is 9.90 Å². The van der Waals surface area contributed by atoms with E-state index >= 15 is 0 Å². The molecule has 4 heterocycles. The van der Waals surface area contributed by atoms with E-state index < -0.39 is 0 Å². The minimum Gasteiger partial charge on any atom is -0.508 e. The van der Waals surface area contributed by atoms with Crippen molar-refractivity contribution in [1.29, 1.82) is 0 Å². The first-order valence-electron chi connectivity index (χ1n) is 11.2. The second kappa shape index (κ2) is 9.69. The summed E-state index contributed by atoms with van der Waals surface area (Å²) < 4.78 is 1.94. The lowest BCUT2D eigenvalue weighted by molar-refractivity contribution is -0.127. The normalized spacial score (nSPS) is 13.5. The second-order valence-electron chi connectivity index (χ2n) is 8.05. The zero-order valence-corrected chi connectivity index (χ0v) is 18.6. The number of phenols is 1. The molecule has 0 unspecified atom stereocenters. The van der Waals surface area contributed by atoms with Gasteiger partial charge in [-0.2, -0.15) is 9.97 Å². The number of hydrogen-bond donors (Lipinski definition) is 3. The van der Waals surface area contributed by atoms with Crippen LogP contribution in [0.1, 0.15) is 18.4 Å². The van der Waals surface area contributed by atoms with Gasteiger partial charge >= 0.3 is 0 Å². The summed E-state index contributed by atoms with van der Waals surface area (Å²) in [5.74, 6) is 1.95. The predicted octanol–water partition coefficient (Wildman–Crippen LogP) is 2.34. The third-order valence-electron chi connectivity index (χ3n) is 5.69. The first-order valence-corrected chi connectivity index (χ1v) is 11.2. The summed E-state index contributed by atoms with van der Waals surface area (Å²) in [5, 5.41) is 15.9. The van der Waals surface area contributed by atoms with Gasteiger partial charge in [0.1, 0.15) is 5.75 Å². The van der Waals surface area contributed by atoms with Crippen molar-refractivity contribution in [3.63, 3.8) is 0 Å². The van der Waals surface area contributed by atoms with Gasteiger partial charge in [-0.05, 0) is 30.5 Å². The molecule has 0 bridgehead atoms. The summed E-state index contributed by atoms with van der Waals surface area (Å²) >= 11 is 0. The lowest BCUT2D eigenvalue weighted by Crippen LogP contribution is -2.28. The summed E-state index contributed by atoms with van der Waals surface area (Å²) in [4.78, 5) is 36.0. The number of carbonyl (C=O) groups is 1. The van der Waals surface area contributed by atoms with E-state index in [0.717, 1.165) is 24.9 Å². The first kappa shape index (κ1) is 21.6. The van der Waals surface area contributed by atoms with Crippen LogP contribution in [0, 0.1) is 0 Å². The van der Waals surface area contributed by atoms with Gasteiger partial charge in [0.25, 0.3) is 0 Å².